The van der Waals surface area contributed by atoms with E-state index < -0.39 is 11.2 Å². The van der Waals surface area contributed by atoms with Crippen molar-refractivity contribution in [3.05, 3.63) is 47.3 Å². The van der Waals surface area contributed by atoms with Gasteiger partial charge in [0.2, 0.25) is 0 Å². The monoisotopic (exact) mass is 370 g/mol. The van der Waals surface area contributed by atoms with Gasteiger partial charge in [0.1, 0.15) is 11.0 Å². The lowest BCUT2D eigenvalue weighted by Crippen LogP contribution is -2.34. The van der Waals surface area contributed by atoms with E-state index in [0.29, 0.717) is 22.6 Å². The van der Waals surface area contributed by atoms with Crippen molar-refractivity contribution in [3.8, 4) is 0 Å². The lowest BCUT2D eigenvalue weighted by molar-refractivity contribution is -0.304. The lowest BCUT2D eigenvalue weighted by atomic mass is 10.2. The molecule has 1 atom stereocenters. The predicted molar refractivity (Wildman–Crippen MR) is 102 cm³/mol. The topological polar surface area (TPSA) is 90.8 Å². The molecular weight excluding hydrogens is 350 g/mol. The first-order valence-electron chi connectivity index (χ1n) is 8.56. The molecule has 0 aliphatic rings. The normalized spacial score (nSPS) is 12.5. The maximum atomic E-state index is 12.9. The zero-order valence-corrected chi connectivity index (χ0v) is 15.3. The zero-order chi connectivity index (χ0) is 18.7. The van der Waals surface area contributed by atoms with E-state index >= 15 is 0 Å². The van der Waals surface area contributed by atoms with Crippen LogP contribution in [0.4, 0.5) is 0 Å². The summed E-state index contributed by atoms with van der Waals surface area (Å²) in [5.74, 6) is -1.14. The summed E-state index contributed by atoms with van der Waals surface area (Å²) in [4.78, 5) is 32.2. The van der Waals surface area contributed by atoms with Gasteiger partial charge in [0.05, 0.1) is 11.2 Å². The number of nitrogens with zero attached hydrogens (tertiary/aromatic N) is 2. The number of allylic oxidation sites excluding steroid dienone is 1. The molecule has 0 radical (unpaired) electrons. The van der Waals surface area contributed by atoms with E-state index in [-0.39, 0.29) is 12.1 Å². The SMILES string of the molecule is C=CCn1c(S[C@H](CCCC)C(=O)[O-])nc2c([nH]c3ccccc32)c1=O. The number of para-hydroxylation sites is 1. The van der Waals surface area contributed by atoms with Crippen LogP contribution in [0.2, 0.25) is 0 Å². The molecule has 136 valence electrons. The molecule has 0 saturated heterocycles. The molecule has 0 fully saturated rings. The summed E-state index contributed by atoms with van der Waals surface area (Å²) in [6.07, 6.45) is 3.73. The standard InChI is InChI=1S/C19H21N3O3S/c1-3-5-10-14(18(24)25)26-19-21-15-12-8-6-7-9-13(12)20-16(15)17(23)22(19)11-4-2/h4,6-9,14,20H,2-3,5,10-11H2,1H3,(H,24,25)/p-1/t14-/m1/s1. The number of aliphatic carboxylic acids is 1. The van der Waals surface area contributed by atoms with Crippen molar-refractivity contribution < 1.29 is 9.90 Å². The molecule has 1 N–H and O–H groups in total. The Hall–Kier alpha value is -2.54. The van der Waals surface area contributed by atoms with Crippen LogP contribution in [0.15, 0.2) is 46.9 Å². The van der Waals surface area contributed by atoms with Gasteiger partial charge in [0, 0.05) is 17.4 Å². The average Bonchev–Trinajstić information content (AvgIpc) is 3.00. The van der Waals surface area contributed by atoms with Gasteiger partial charge in [-0.05, 0) is 12.5 Å². The number of unbranched alkanes of at least 4 members (excludes halogenated alkanes) is 1. The number of hydrogen-bond acceptors (Lipinski definition) is 5. The number of hydrogen-bond donors (Lipinski definition) is 1. The highest BCUT2D eigenvalue weighted by Crippen LogP contribution is 2.28. The van der Waals surface area contributed by atoms with Gasteiger partial charge in [-0.2, -0.15) is 0 Å². The van der Waals surface area contributed by atoms with E-state index in [1.165, 1.54) is 4.57 Å². The quantitative estimate of drug-likeness (QED) is 0.374. The Labute approximate surface area is 154 Å². The van der Waals surface area contributed by atoms with Crippen molar-refractivity contribution in [3.63, 3.8) is 0 Å². The van der Waals surface area contributed by atoms with Crippen LogP contribution in [0, 0.1) is 0 Å². The van der Waals surface area contributed by atoms with Crippen LogP contribution >= 0.6 is 11.8 Å². The molecule has 2 heterocycles. The molecule has 3 rings (SSSR count). The number of carboxylic acid groups (broad SMARTS) is 1. The average molecular weight is 370 g/mol. The van der Waals surface area contributed by atoms with Crippen molar-refractivity contribution in [2.24, 2.45) is 0 Å². The number of aromatic amines is 1. The molecule has 0 unspecified atom stereocenters. The summed E-state index contributed by atoms with van der Waals surface area (Å²) in [5, 5.41) is 12.0. The van der Waals surface area contributed by atoms with Crippen molar-refractivity contribution in [2.75, 3.05) is 0 Å². The number of H-pyrrole nitrogens is 1. The number of aromatic nitrogens is 3. The molecule has 2 aromatic heterocycles. The number of carboxylic acids is 1. The Morgan fingerprint density at radius 2 is 2.23 bits per heavy atom. The van der Waals surface area contributed by atoms with E-state index in [1.807, 2.05) is 31.2 Å². The third-order valence-corrected chi connectivity index (χ3v) is 5.45. The summed E-state index contributed by atoms with van der Waals surface area (Å²) >= 11 is 1.07. The molecule has 0 bridgehead atoms. The zero-order valence-electron chi connectivity index (χ0n) is 14.5. The minimum atomic E-state index is -1.14. The molecule has 26 heavy (non-hydrogen) atoms. The highest BCUT2D eigenvalue weighted by Gasteiger charge is 2.19. The van der Waals surface area contributed by atoms with Gasteiger partial charge in [-0.3, -0.25) is 9.36 Å². The maximum absolute atomic E-state index is 12.9. The smallest absolute Gasteiger partial charge is 0.278 e. The predicted octanol–water partition coefficient (Wildman–Crippen LogP) is 2.46. The fourth-order valence-electron chi connectivity index (χ4n) is 2.90. The van der Waals surface area contributed by atoms with Crippen LogP contribution in [-0.4, -0.2) is 25.8 Å². The van der Waals surface area contributed by atoms with E-state index in [4.69, 9.17) is 0 Å². The fraction of sp³-hybridized carbons (Fsp3) is 0.316. The Kier molecular flexibility index (Phi) is 5.46. The number of fused-ring (bicyclic) bond motifs is 3. The first kappa shape index (κ1) is 18.3. The van der Waals surface area contributed by atoms with Crippen LogP contribution in [0.3, 0.4) is 0 Å². The summed E-state index contributed by atoms with van der Waals surface area (Å²) in [6, 6.07) is 7.53. The third kappa shape index (κ3) is 3.39. The summed E-state index contributed by atoms with van der Waals surface area (Å²) in [6.45, 7) is 5.95. The second-order valence-electron chi connectivity index (χ2n) is 6.06. The van der Waals surface area contributed by atoms with Gasteiger partial charge in [0.25, 0.3) is 5.56 Å². The fourth-order valence-corrected chi connectivity index (χ4v) is 3.96. The molecule has 0 aliphatic carbocycles. The molecule has 6 nitrogen and oxygen atoms in total. The third-order valence-electron chi connectivity index (χ3n) is 4.22. The Balaban J connectivity index is 2.17. The van der Waals surface area contributed by atoms with Crippen molar-refractivity contribution in [1.82, 2.24) is 14.5 Å². The Bertz CT molecular complexity index is 1020. The first-order chi connectivity index (χ1) is 12.6. The van der Waals surface area contributed by atoms with E-state index in [0.717, 1.165) is 35.5 Å². The highest BCUT2D eigenvalue weighted by atomic mass is 32.2. The van der Waals surface area contributed by atoms with E-state index in [9.17, 15) is 14.7 Å². The number of thioether (sulfide) groups is 1. The van der Waals surface area contributed by atoms with Gasteiger partial charge in [-0.25, -0.2) is 4.98 Å². The van der Waals surface area contributed by atoms with Crippen LogP contribution in [0.1, 0.15) is 26.2 Å². The highest BCUT2D eigenvalue weighted by molar-refractivity contribution is 8.00. The van der Waals surface area contributed by atoms with Gasteiger partial charge < -0.3 is 14.9 Å². The van der Waals surface area contributed by atoms with Crippen molar-refractivity contribution in [1.29, 1.82) is 0 Å². The van der Waals surface area contributed by atoms with Gasteiger partial charge in [-0.1, -0.05) is 55.8 Å². The lowest BCUT2D eigenvalue weighted by Gasteiger charge is -2.18. The molecule has 0 spiro atoms. The number of benzene rings is 1. The molecule has 3 aromatic rings. The number of rotatable bonds is 8. The number of carbonyl (C=O) groups is 1. The first-order valence-corrected chi connectivity index (χ1v) is 9.44. The molecule has 0 amide bonds. The minimum absolute atomic E-state index is 0.235. The number of carbonyl (C=O) groups excluding carboxylic acids is 1. The molecular formula is C19H20N3O3S-. The Morgan fingerprint density at radius 1 is 1.46 bits per heavy atom. The second-order valence-corrected chi connectivity index (χ2v) is 7.23. The van der Waals surface area contributed by atoms with E-state index in [2.05, 4.69) is 16.5 Å². The van der Waals surface area contributed by atoms with Gasteiger partial charge >= 0.3 is 0 Å². The van der Waals surface area contributed by atoms with Crippen LogP contribution in [0.5, 0.6) is 0 Å². The van der Waals surface area contributed by atoms with Gasteiger partial charge in [0.15, 0.2) is 5.16 Å². The van der Waals surface area contributed by atoms with E-state index in [1.54, 1.807) is 6.08 Å². The molecule has 0 aliphatic heterocycles. The molecule has 1 aromatic carbocycles. The Morgan fingerprint density at radius 3 is 2.92 bits per heavy atom. The minimum Gasteiger partial charge on any atom is -0.549 e. The summed E-state index contributed by atoms with van der Waals surface area (Å²) in [5.41, 5.74) is 1.56. The van der Waals surface area contributed by atoms with Crippen molar-refractivity contribution in [2.45, 2.75) is 43.1 Å². The van der Waals surface area contributed by atoms with Crippen LogP contribution in [0.25, 0.3) is 21.9 Å². The molecule has 7 heteroatoms. The molecule has 0 saturated carbocycles. The van der Waals surface area contributed by atoms with Crippen LogP contribution in [-0.2, 0) is 11.3 Å². The van der Waals surface area contributed by atoms with Gasteiger partial charge in [-0.15, -0.1) is 6.58 Å². The summed E-state index contributed by atoms with van der Waals surface area (Å²) in [7, 11) is 0. The second kappa shape index (κ2) is 7.78. The largest absolute Gasteiger partial charge is 0.549 e. The summed E-state index contributed by atoms with van der Waals surface area (Å²) < 4.78 is 1.46. The maximum Gasteiger partial charge on any atom is 0.278 e. The van der Waals surface area contributed by atoms with Crippen molar-refractivity contribution >= 4 is 39.7 Å². The van der Waals surface area contributed by atoms with Crippen LogP contribution < -0.4 is 10.7 Å². The number of nitrogens with one attached hydrogen (secondary N) is 1.